The second kappa shape index (κ2) is 8.13. The Kier molecular flexibility index (Phi) is 6.44. The zero-order valence-corrected chi connectivity index (χ0v) is 13.5. The monoisotopic (exact) mass is 329 g/mol. The number of aryl methyl sites for hydroxylation is 2. The lowest BCUT2D eigenvalue weighted by molar-refractivity contribution is -0.160. The molecular formula is C17H26F3N3. The Labute approximate surface area is 135 Å². The molecule has 0 saturated carbocycles. The zero-order valence-electron chi connectivity index (χ0n) is 13.5. The van der Waals surface area contributed by atoms with Crippen LogP contribution in [0.2, 0.25) is 0 Å². The van der Waals surface area contributed by atoms with Crippen molar-refractivity contribution in [3.63, 3.8) is 0 Å². The molecule has 1 atom stereocenters. The summed E-state index contributed by atoms with van der Waals surface area (Å²) >= 11 is 0. The minimum atomic E-state index is -4.30. The van der Waals surface area contributed by atoms with Crippen LogP contribution in [0.25, 0.3) is 0 Å². The molecule has 1 saturated heterocycles. The standard InChI is InChI=1S/C17H26F3N3/c1-2-12-7-13(5-3-4-6-21)9-14(8-12)16(17(18,19)20)23-15-10-22-11-15/h7-9,15-16,22-23H,2-6,10-11,21H2,1H3. The third-order valence-electron chi connectivity index (χ3n) is 4.25. The molecule has 1 fully saturated rings. The average molecular weight is 329 g/mol. The number of alkyl halides is 3. The average Bonchev–Trinajstić information content (AvgIpc) is 2.44. The van der Waals surface area contributed by atoms with E-state index in [1.54, 1.807) is 12.1 Å². The fourth-order valence-corrected chi connectivity index (χ4v) is 2.80. The second-order valence-electron chi connectivity index (χ2n) is 6.18. The summed E-state index contributed by atoms with van der Waals surface area (Å²) in [7, 11) is 0. The van der Waals surface area contributed by atoms with Crippen molar-refractivity contribution in [3.05, 3.63) is 34.9 Å². The van der Waals surface area contributed by atoms with E-state index in [1.807, 2.05) is 13.0 Å². The van der Waals surface area contributed by atoms with Crippen LogP contribution in [0, 0.1) is 0 Å². The van der Waals surface area contributed by atoms with Gasteiger partial charge in [-0.1, -0.05) is 25.1 Å². The topological polar surface area (TPSA) is 50.1 Å². The van der Waals surface area contributed by atoms with Crippen molar-refractivity contribution in [1.29, 1.82) is 0 Å². The molecule has 1 aromatic carbocycles. The summed E-state index contributed by atoms with van der Waals surface area (Å²) in [5.41, 5.74) is 7.74. The normalized spacial score (nSPS) is 17.1. The minimum Gasteiger partial charge on any atom is -0.330 e. The summed E-state index contributed by atoms with van der Waals surface area (Å²) in [6.07, 6.45) is -1.00. The zero-order chi connectivity index (χ0) is 16.9. The van der Waals surface area contributed by atoms with Crippen LogP contribution in [-0.4, -0.2) is 31.9 Å². The van der Waals surface area contributed by atoms with Gasteiger partial charge < -0.3 is 11.1 Å². The summed E-state index contributed by atoms with van der Waals surface area (Å²) in [5, 5.41) is 5.74. The summed E-state index contributed by atoms with van der Waals surface area (Å²) in [4.78, 5) is 0. The highest BCUT2D eigenvalue weighted by Gasteiger charge is 2.42. The number of hydrogen-bond acceptors (Lipinski definition) is 3. The predicted octanol–water partition coefficient (Wildman–Crippen LogP) is 2.70. The van der Waals surface area contributed by atoms with Gasteiger partial charge in [-0.2, -0.15) is 13.2 Å². The highest BCUT2D eigenvalue weighted by molar-refractivity contribution is 5.33. The number of unbranched alkanes of at least 4 members (excludes halogenated alkanes) is 1. The molecule has 0 bridgehead atoms. The van der Waals surface area contributed by atoms with Gasteiger partial charge in [0.2, 0.25) is 0 Å². The fraction of sp³-hybridized carbons (Fsp3) is 0.647. The van der Waals surface area contributed by atoms with Gasteiger partial charge in [0.1, 0.15) is 6.04 Å². The van der Waals surface area contributed by atoms with E-state index >= 15 is 0 Å². The third kappa shape index (κ3) is 5.19. The molecule has 2 rings (SSSR count). The molecule has 4 N–H and O–H groups in total. The number of nitrogens with two attached hydrogens (primary N) is 1. The maximum atomic E-state index is 13.5. The molecule has 0 aliphatic carbocycles. The number of benzene rings is 1. The Morgan fingerprint density at radius 1 is 1.22 bits per heavy atom. The Hall–Kier alpha value is -1.11. The van der Waals surface area contributed by atoms with Gasteiger partial charge >= 0.3 is 6.18 Å². The Morgan fingerprint density at radius 3 is 2.43 bits per heavy atom. The summed E-state index contributed by atoms with van der Waals surface area (Å²) in [6, 6.07) is 3.68. The third-order valence-corrected chi connectivity index (χ3v) is 4.25. The maximum Gasteiger partial charge on any atom is 0.407 e. The van der Waals surface area contributed by atoms with Crippen LogP contribution in [0.15, 0.2) is 18.2 Å². The quantitative estimate of drug-likeness (QED) is 0.643. The molecule has 3 nitrogen and oxygen atoms in total. The summed E-state index contributed by atoms with van der Waals surface area (Å²) in [6.45, 7) is 3.75. The van der Waals surface area contributed by atoms with Gasteiger partial charge in [0.25, 0.3) is 0 Å². The first-order chi connectivity index (χ1) is 10.9. The van der Waals surface area contributed by atoms with Crippen LogP contribution >= 0.6 is 0 Å². The van der Waals surface area contributed by atoms with Crippen LogP contribution in [0.3, 0.4) is 0 Å². The van der Waals surface area contributed by atoms with Crippen molar-refractivity contribution in [2.75, 3.05) is 19.6 Å². The lowest BCUT2D eigenvalue weighted by Gasteiger charge is -2.34. The smallest absolute Gasteiger partial charge is 0.330 e. The first-order valence-corrected chi connectivity index (χ1v) is 8.30. The first-order valence-electron chi connectivity index (χ1n) is 8.30. The van der Waals surface area contributed by atoms with Crippen LogP contribution in [0.5, 0.6) is 0 Å². The molecule has 0 radical (unpaired) electrons. The van der Waals surface area contributed by atoms with E-state index in [0.29, 0.717) is 25.2 Å². The van der Waals surface area contributed by atoms with Crippen molar-refractivity contribution in [2.45, 2.75) is 50.9 Å². The summed E-state index contributed by atoms with van der Waals surface area (Å²) < 4.78 is 40.5. The fourth-order valence-electron chi connectivity index (χ4n) is 2.80. The Morgan fingerprint density at radius 2 is 1.91 bits per heavy atom. The van der Waals surface area contributed by atoms with E-state index in [1.165, 1.54) is 0 Å². The molecule has 0 amide bonds. The first kappa shape index (κ1) is 18.2. The molecule has 23 heavy (non-hydrogen) atoms. The number of nitrogens with one attached hydrogen (secondary N) is 2. The van der Waals surface area contributed by atoms with Gasteiger partial charge in [-0.3, -0.25) is 5.32 Å². The molecule has 0 aromatic heterocycles. The Bertz CT molecular complexity index is 498. The van der Waals surface area contributed by atoms with Crippen molar-refractivity contribution in [2.24, 2.45) is 5.73 Å². The highest BCUT2D eigenvalue weighted by Crippen LogP contribution is 2.34. The number of rotatable bonds is 8. The van der Waals surface area contributed by atoms with Crippen molar-refractivity contribution in [3.8, 4) is 0 Å². The Balaban J connectivity index is 2.23. The number of halogens is 3. The van der Waals surface area contributed by atoms with Gasteiger partial charge in [-0.15, -0.1) is 0 Å². The van der Waals surface area contributed by atoms with E-state index in [-0.39, 0.29) is 6.04 Å². The van der Waals surface area contributed by atoms with E-state index in [4.69, 9.17) is 5.73 Å². The van der Waals surface area contributed by atoms with Crippen LogP contribution < -0.4 is 16.4 Å². The molecule has 1 heterocycles. The van der Waals surface area contributed by atoms with Crippen LogP contribution in [0.4, 0.5) is 13.2 Å². The van der Waals surface area contributed by atoms with E-state index in [9.17, 15) is 13.2 Å². The van der Waals surface area contributed by atoms with E-state index in [0.717, 1.165) is 36.8 Å². The molecule has 0 spiro atoms. The largest absolute Gasteiger partial charge is 0.407 e. The SMILES string of the molecule is CCc1cc(CCCCN)cc(C(NC2CNC2)C(F)(F)F)c1. The van der Waals surface area contributed by atoms with Crippen LogP contribution in [-0.2, 0) is 12.8 Å². The second-order valence-corrected chi connectivity index (χ2v) is 6.18. The summed E-state index contributed by atoms with van der Waals surface area (Å²) in [5.74, 6) is 0. The highest BCUT2D eigenvalue weighted by atomic mass is 19.4. The number of hydrogen-bond donors (Lipinski definition) is 3. The minimum absolute atomic E-state index is 0.118. The van der Waals surface area contributed by atoms with Gasteiger partial charge in [-0.05, 0) is 48.9 Å². The molecule has 1 aliphatic heterocycles. The lowest BCUT2D eigenvalue weighted by Crippen LogP contribution is -2.57. The molecule has 1 unspecified atom stereocenters. The molecule has 6 heteroatoms. The van der Waals surface area contributed by atoms with Crippen molar-refractivity contribution in [1.82, 2.24) is 10.6 Å². The van der Waals surface area contributed by atoms with Gasteiger partial charge in [0, 0.05) is 19.1 Å². The predicted molar refractivity (Wildman–Crippen MR) is 86.4 cm³/mol. The van der Waals surface area contributed by atoms with E-state index < -0.39 is 12.2 Å². The van der Waals surface area contributed by atoms with Crippen molar-refractivity contribution < 1.29 is 13.2 Å². The molecular weight excluding hydrogens is 303 g/mol. The molecule has 1 aromatic rings. The van der Waals surface area contributed by atoms with E-state index in [2.05, 4.69) is 10.6 Å². The van der Waals surface area contributed by atoms with Gasteiger partial charge in [0.15, 0.2) is 0 Å². The molecule has 1 aliphatic rings. The van der Waals surface area contributed by atoms with Crippen LogP contribution in [0.1, 0.15) is 42.5 Å². The lowest BCUT2D eigenvalue weighted by atomic mass is 9.95. The maximum absolute atomic E-state index is 13.5. The van der Waals surface area contributed by atoms with Crippen molar-refractivity contribution >= 4 is 0 Å². The van der Waals surface area contributed by atoms with Gasteiger partial charge in [-0.25, -0.2) is 0 Å². The molecule has 130 valence electrons. The van der Waals surface area contributed by atoms with Gasteiger partial charge in [0.05, 0.1) is 0 Å².